The van der Waals surface area contributed by atoms with Crippen molar-refractivity contribution in [1.29, 1.82) is 0 Å². The lowest BCUT2D eigenvalue weighted by molar-refractivity contribution is -0.136. The van der Waals surface area contributed by atoms with Gasteiger partial charge in [0, 0.05) is 32.3 Å². The maximum absolute atomic E-state index is 13.0. The Morgan fingerprint density at radius 3 is 3.08 bits per heavy atom. The van der Waals surface area contributed by atoms with Gasteiger partial charge in [0.2, 0.25) is 5.91 Å². The number of H-pyrrole nitrogens is 1. The number of carbonyl (C=O) groups is 1. The van der Waals surface area contributed by atoms with Crippen LogP contribution in [0.1, 0.15) is 30.1 Å². The molecule has 0 saturated carbocycles. The van der Waals surface area contributed by atoms with E-state index in [1.54, 1.807) is 0 Å². The molecule has 2 aromatic rings. The van der Waals surface area contributed by atoms with Gasteiger partial charge in [-0.3, -0.25) is 4.79 Å². The molecular weight excluding hydrogens is 302 g/mol. The second-order valence-electron chi connectivity index (χ2n) is 6.73. The summed E-state index contributed by atoms with van der Waals surface area (Å²) in [5.74, 6) is 2.24. The minimum Gasteiger partial charge on any atom is -0.356 e. The first kappa shape index (κ1) is 15.2. The molecule has 1 unspecified atom stereocenters. The van der Waals surface area contributed by atoms with Crippen LogP contribution in [0.2, 0.25) is 0 Å². The van der Waals surface area contributed by atoms with E-state index in [0.29, 0.717) is 6.54 Å². The third-order valence-electron chi connectivity index (χ3n) is 5.01. The Morgan fingerprint density at radius 1 is 1.33 bits per heavy atom. The SMILES string of the molecule is Cc1nc2c([nH]1)CN(C(=O)C1CCCN(c3ccccn3)C1)CC2. The van der Waals surface area contributed by atoms with Gasteiger partial charge in [0.05, 0.1) is 23.9 Å². The quantitative estimate of drug-likeness (QED) is 0.916. The predicted molar refractivity (Wildman–Crippen MR) is 91.6 cm³/mol. The second kappa shape index (κ2) is 6.26. The highest BCUT2D eigenvalue weighted by molar-refractivity contribution is 5.80. The first-order chi connectivity index (χ1) is 11.7. The Hall–Kier alpha value is -2.37. The van der Waals surface area contributed by atoms with Gasteiger partial charge in [0.1, 0.15) is 11.6 Å². The zero-order valence-electron chi connectivity index (χ0n) is 14.0. The number of hydrogen-bond acceptors (Lipinski definition) is 4. The molecule has 0 radical (unpaired) electrons. The van der Waals surface area contributed by atoms with E-state index in [2.05, 4.69) is 19.9 Å². The summed E-state index contributed by atoms with van der Waals surface area (Å²) in [5.41, 5.74) is 2.22. The monoisotopic (exact) mass is 325 g/mol. The maximum Gasteiger partial charge on any atom is 0.227 e. The fraction of sp³-hybridized carbons (Fsp3) is 0.500. The van der Waals surface area contributed by atoms with Gasteiger partial charge < -0.3 is 14.8 Å². The first-order valence-corrected chi connectivity index (χ1v) is 8.70. The van der Waals surface area contributed by atoms with Crippen LogP contribution in [0.4, 0.5) is 5.82 Å². The number of fused-ring (bicyclic) bond motifs is 1. The average molecular weight is 325 g/mol. The van der Waals surface area contributed by atoms with Crippen molar-refractivity contribution < 1.29 is 4.79 Å². The van der Waals surface area contributed by atoms with Gasteiger partial charge in [-0.15, -0.1) is 0 Å². The molecule has 0 bridgehead atoms. The first-order valence-electron chi connectivity index (χ1n) is 8.70. The van der Waals surface area contributed by atoms with E-state index >= 15 is 0 Å². The van der Waals surface area contributed by atoms with Gasteiger partial charge in [-0.05, 0) is 31.9 Å². The van der Waals surface area contributed by atoms with E-state index < -0.39 is 0 Å². The molecule has 126 valence electrons. The molecule has 1 N–H and O–H groups in total. The summed E-state index contributed by atoms with van der Waals surface area (Å²) in [5, 5.41) is 0. The van der Waals surface area contributed by atoms with Crippen molar-refractivity contribution in [1.82, 2.24) is 19.9 Å². The molecule has 6 heteroatoms. The highest BCUT2D eigenvalue weighted by Gasteiger charge is 2.32. The molecule has 0 aromatic carbocycles. The number of aromatic nitrogens is 3. The molecule has 4 heterocycles. The van der Waals surface area contributed by atoms with Gasteiger partial charge in [0.15, 0.2) is 0 Å². The number of nitrogens with one attached hydrogen (secondary N) is 1. The van der Waals surface area contributed by atoms with Crippen LogP contribution < -0.4 is 4.90 Å². The van der Waals surface area contributed by atoms with Crippen molar-refractivity contribution in [2.45, 2.75) is 32.7 Å². The van der Waals surface area contributed by atoms with Crippen molar-refractivity contribution in [2.75, 3.05) is 24.5 Å². The number of imidazole rings is 1. The third kappa shape index (κ3) is 2.88. The number of aromatic amines is 1. The number of anilines is 1. The van der Waals surface area contributed by atoms with E-state index in [9.17, 15) is 4.79 Å². The van der Waals surface area contributed by atoms with Crippen LogP contribution >= 0.6 is 0 Å². The fourth-order valence-corrected chi connectivity index (χ4v) is 3.81. The molecule has 2 aliphatic heterocycles. The Morgan fingerprint density at radius 2 is 2.25 bits per heavy atom. The lowest BCUT2D eigenvalue weighted by Crippen LogP contribution is -2.46. The van der Waals surface area contributed by atoms with Gasteiger partial charge in [-0.2, -0.15) is 0 Å². The van der Waals surface area contributed by atoms with Crippen LogP contribution in [0, 0.1) is 12.8 Å². The summed E-state index contributed by atoms with van der Waals surface area (Å²) in [6.07, 6.45) is 4.67. The molecule has 1 amide bonds. The number of pyridine rings is 1. The van der Waals surface area contributed by atoms with Gasteiger partial charge in [0.25, 0.3) is 0 Å². The summed E-state index contributed by atoms with van der Waals surface area (Å²) >= 11 is 0. The van der Waals surface area contributed by atoms with Crippen LogP contribution in [-0.4, -0.2) is 45.4 Å². The lowest BCUT2D eigenvalue weighted by atomic mass is 9.95. The summed E-state index contributed by atoms with van der Waals surface area (Å²) < 4.78 is 0. The molecule has 2 aliphatic rings. The van der Waals surface area contributed by atoms with Crippen LogP contribution in [-0.2, 0) is 17.8 Å². The molecule has 4 rings (SSSR count). The number of piperidine rings is 1. The van der Waals surface area contributed by atoms with Crippen LogP contribution in [0.3, 0.4) is 0 Å². The number of aryl methyl sites for hydroxylation is 1. The van der Waals surface area contributed by atoms with E-state index in [4.69, 9.17) is 0 Å². The zero-order chi connectivity index (χ0) is 16.5. The molecule has 1 saturated heterocycles. The normalized spacial score (nSPS) is 20.8. The molecule has 0 aliphatic carbocycles. The highest BCUT2D eigenvalue weighted by atomic mass is 16.2. The van der Waals surface area contributed by atoms with Crippen molar-refractivity contribution in [2.24, 2.45) is 5.92 Å². The van der Waals surface area contributed by atoms with E-state index in [1.807, 2.05) is 36.2 Å². The van der Waals surface area contributed by atoms with Crippen LogP contribution in [0.5, 0.6) is 0 Å². The Balaban J connectivity index is 1.45. The Bertz CT molecular complexity index is 726. The molecule has 1 fully saturated rings. The minimum absolute atomic E-state index is 0.0614. The minimum atomic E-state index is 0.0614. The molecule has 24 heavy (non-hydrogen) atoms. The van der Waals surface area contributed by atoms with Gasteiger partial charge >= 0.3 is 0 Å². The second-order valence-corrected chi connectivity index (χ2v) is 6.73. The lowest BCUT2D eigenvalue weighted by Gasteiger charge is -2.36. The molecule has 0 spiro atoms. The topological polar surface area (TPSA) is 65.1 Å². The number of hydrogen-bond donors (Lipinski definition) is 1. The maximum atomic E-state index is 13.0. The van der Waals surface area contributed by atoms with E-state index in [1.165, 1.54) is 0 Å². The Labute approximate surface area is 141 Å². The van der Waals surface area contributed by atoms with Crippen molar-refractivity contribution in [3.63, 3.8) is 0 Å². The Kier molecular flexibility index (Phi) is 3.96. The summed E-state index contributed by atoms with van der Waals surface area (Å²) in [6.45, 7) is 5.15. The molecular formula is C18H23N5O. The average Bonchev–Trinajstić information content (AvgIpc) is 3.01. The predicted octanol–water partition coefficient (Wildman–Crippen LogP) is 1.91. The number of amides is 1. The molecule has 2 aromatic heterocycles. The van der Waals surface area contributed by atoms with Crippen molar-refractivity contribution >= 4 is 11.7 Å². The summed E-state index contributed by atoms with van der Waals surface area (Å²) in [6, 6.07) is 5.95. The fourth-order valence-electron chi connectivity index (χ4n) is 3.81. The molecule has 6 nitrogen and oxygen atoms in total. The third-order valence-corrected chi connectivity index (χ3v) is 5.01. The van der Waals surface area contributed by atoms with Gasteiger partial charge in [-0.25, -0.2) is 9.97 Å². The van der Waals surface area contributed by atoms with Crippen molar-refractivity contribution in [3.05, 3.63) is 41.6 Å². The number of rotatable bonds is 2. The smallest absolute Gasteiger partial charge is 0.227 e. The highest BCUT2D eigenvalue weighted by Crippen LogP contribution is 2.25. The standard InChI is InChI=1S/C18H23N5O/c1-13-20-15-7-10-23(12-16(15)21-13)18(24)14-5-4-9-22(11-14)17-6-2-3-8-19-17/h2-3,6,8,14H,4-5,7,9-12H2,1H3,(H,20,21). The number of carbonyl (C=O) groups excluding carboxylic acids is 1. The zero-order valence-corrected chi connectivity index (χ0v) is 14.0. The van der Waals surface area contributed by atoms with Crippen molar-refractivity contribution in [3.8, 4) is 0 Å². The largest absolute Gasteiger partial charge is 0.356 e. The summed E-state index contributed by atoms with van der Waals surface area (Å²) in [4.78, 5) is 29.4. The van der Waals surface area contributed by atoms with Gasteiger partial charge in [-0.1, -0.05) is 6.07 Å². The number of nitrogens with zero attached hydrogens (tertiary/aromatic N) is 4. The molecule has 1 atom stereocenters. The van der Waals surface area contributed by atoms with E-state index in [-0.39, 0.29) is 11.8 Å². The van der Waals surface area contributed by atoms with Crippen LogP contribution in [0.15, 0.2) is 24.4 Å². The summed E-state index contributed by atoms with van der Waals surface area (Å²) in [7, 11) is 0. The van der Waals surface area contributed by atoms with E-state index in [0.717, 1.165) is 61.9 Å². The van der Waals surface area contributed by atoms with Crippen LogP contribution in [0.25, 0.3) is 0 Å².